The average Bonchev–Trinajstić information content (AvgIpc) is 2.65. The standard InChI is InChI=1S/C11H17BrN2S/c12-10-6-5-9(15-10)11(14)7-1-3-8(13)4-2-7/h5-8,11H,1-4,13-14H2. The lowest BCUT2D eigenvalue weighted by Crippen LogP contribution is -2.31. The molecule has 1 unspecified atom stereocenters. The van der Waals surface area contributed by atoms with E-state index in [-0.39, 0.29) is 6.04 Å². The Hall–Kier alpha value is 0.1000. The molecule has 4 N–H and O–H groups in total. The Morgan fingerprint density at radius 2 is 1.93 bits per heavy atom. The maximum absolute atomic E-state index is 6.28. The van der Waals surface area contributed by atoms with Gasteiger partial charge in [-0.3, -0.25) is 0 Å². The molecule has 0 spiro atoms. The van der Waals surface area contributed by atoms with Gasteiger partial charge in [-0.1, -0.05) is 0 Å². The van der Waals surface area contributed by atoms with Crippen molar-refractivity contribution in [2.75, 3.05) is 0 Å². The van der Waals surface area contributed by atoms with Crippen LogP contribution in [0.3, 0.4) is 0 Å². The molecule has 1 aromatic heterocycles. The van der Waals surface area contributed by atoms with Gasteiger partial charge >= 0.3 is 0 Å². The molecular weight excluding hydrogens is 272 g/mol. The van der Waals surface area contributed by atoms with Crippen molar-refractivity contribution in [1.29, 1.82) is 0 Å². The largest absolute Gasteiger partial charge is 0.328 e. The van der Waals surface area contributed by atoms with Crippen molar-refractivity contribution in [2.45, 2.75) is 37.8 Å². The van der Waals surface area contributed by atoms with Crippen LogP contribution in [0.1, 0.15) is 36.6 Å². The molecule has 4 heteroatoms. The van der Waals surface area contributed by atoms with Crippen LogP contribution in [0.2, 0.25) is 0 Å². The fourth-order valence-electron chi connectivity index (χ4n) is 2.24. The number of hydrogen-bond acceptors (Lipinski definition) is 3. The third-order valence-corrected chi connectivity index (χ3v) is 4.97. The lowest BCUT2D eigenvalue weighted by molar-refractivity contribution is 0.287. The molecule has 1 fully saturated rings. The fourth-order valence-corrected chi connectivity index (χ4v) is 3.76. The van der Waals surface area contributed by atoms with E-state index in [4.69, 9.17) is 11.5 Å². The SMILES string of the molecule is NC1CCC(C(N)c2ccc(Br)s2)CC1. The molecular formula is C11H17BrN2S. The Morgan fingerprint density at radius 1 is 1.27 bits per heavy atom. The summed E-state index contributed by atoms with van der Waals surface area (Å²) in [6, 6.07) is 4.82. The normalized spacial score (nSPS) is 29.0. The van der Waals surface area contributed by atoms with Gasteiger partial charge in [0.15, 0.2) is 0 Å². The van der Waals surface area contributed by atoms with Crippen molar-refractivity contribution in [3.8, 4) is 0 Å². The van der Waals surface area contributed by atoms with Crippen molar-refractivity contribution < 1.29 is 0 Å². The molecule has 2 nitrogen and oxygen atoms in total. The molecule has 2 rings (SSSR count). The highest BCUT2D eigenvalue weighted by Crippen LogP contribution is 2.36. The molecule has 1 heterocycles. The number of halogens is 1. The lowest BCUT2D eigenvalue weighted by Gasteiger charge is -2.29. The van der Waals surface area contributed by atoms with Crippen LogP contribution < -0.4 is 11.5 Å². The predicted molar refractivity (Wildman–Crippen MR) is 68.9 cm³/mol. The first-order valence-electron chi connectivity index (χ1n) is 5.43. The van der Waals surface area contributed by atoms with E-state index in [0.29, 0.717) is 12.0 Å². The first kappa shape index (κ1) is 11.6. The Kier molecular flexibility index (Phi) is 3.83. The Labute approximate surface area is 103 Å². The molecule has 1 saturated carbocycles. The maximum Gasteiger partial charge on any atom is 0.0701 e. The van der Waals surface area contributed by atoms with Gasteiger partial charge in [-0.15, -0.1) is 11.3 Å². The van der Waals surface area contributed by atoms with Crippen LogP contribution in [-0.2, 0) is 0 Å². The topological polar surface area (TPSA) is 52.0 Å². The first-order chi connectivity index (χ1) is 7.16. The van der Waals surface area contributed by atoms with E-state index < -0.39 is 0 Å². The first-order valence-corrected chi connectivity index (χ1v) is 7.04. The molecule has 0 amide bonds. The summed E-state index contributed by atoms with van der Waals surface area (Å²) in [7, 11) is 0. The zero-order chi connectivity index (χ0) is 10.8. The summed E-state index contributed by atoms with van der Waals surface area (Å²) >= 11 is 5.23. The Balaban J connectivity index is 1.99. The van der Waals surface area contributed by atoms with Gasteiger partial charge in [0.1, 0.15) is 0 Å². The van der Waals surface area contributed by atoms with Gasteiger partial charge in [-0.2, -0.15) is 0 Å². The van der Waals surface area contributed by atoms with Crippen molar-refractivity contribution >= 4 is 27.3 Å². The fraction of sp³-hybridized carbons (Fsp3) is 0.636. The summed E-state index contributed by atoms with van der Waals surface area (Å²) in [4.78, 5) is 1.29. The van der Waals surface area contributed by atoms with E-state index in [2.05, 4.69) is 28.1 Å². The molecule has 0 aromatic carbocycles. The third kappa shape index (κ3) is 2.81. The molecule has 0 bridgehead atoms. The van der Waals surface area contributed by atoms with Crippen LogP contribution >= 0.6 is 27.3 Å². The van der Waals surface area contributed by atoms with Gasteiger partial charge in [-0.05, 0) is 59.7 Å². The van der Waals surface area contributed by atoms with Crippen molar-refractivity contribution in [2.24, 2.45) is 17.4 Å². The van der Waals surface area contributed by atoms with E-state index in [0.717, 1.165) is 12.8 Å². The predicted octanol–water partition coefficient (Wildman–Crippen LogP) is 3.03. The minimum atomic E-state index is 0.203. The van der Waals surface area contributed by atoms with Gasteiger partial charge in [0, 0.05) is 17.0 Å². The summed E-state index contributed by atoms with van der Waals surface area (Å²) in [5, 5.41) is 0. The molecule has 84 valence electrons. The molecule has 1 aliphatic rings. The molecule has 15 heavy (non-hydrogen) atoms. The van der Waals surface area contributed by atoms with E-state index in [1.165, 1.54) is 21.5 Å². The summed E-state index contributed by atoms with van der Waals surface area (Å²) < 4.78 is 1.17. The monoisotopic (exact) mass is 288 g/mol. The smallest absolute Gasteiger partial charge is 0.0701 e. The van der Waals surface area contributed by atoms with Crippen LogP contribution in [0.15, 0.2) is 15.9 Å². The van der Waals surface area contributed by atoms with Crippen LogP contribution in [0.25, 0.3) is 0 Å². The molecule has 1 atom stereocenters. The zero-order valence-corrected chi connectivity index (χ0v) is 11.1. The number of hydrogen-bond donors (Lipinski definition) is 2. The highest BCUT2D eigenvalue weighted by Gasteiger charge is 2.25. The van der Waals surface area contributed by atoms with Crippen molar-refractivity contribution in [3.05, 3.63) is 20.8 Å². The van der Waals surface area contributed by atoms with E-state index in [9.17, 15) is 0 Å². The van der Waals surface area contributed by atoms with E-state index >= 15 is 0 Å². The third-order valence-electron chi connectivity index (χ3n) is 3.25. The van der Waals surface area contributed by atoms with Crippen LogP contribution in [0.4, 0.5) is 0 Å². The van der Waals surface area contributed by atoms with Gasteiger partial charge in [-0.25, -0.2) is 0 Å². The second-order valence-corrected chi connectivity index (χ2v) is 6.84. The highest BCUT2D eigenvalue weighted by molar-refractivity contribution is 9.11. The Bertz CT molecular complexity index is 318. The van der Waals surface area contributed by atoms with Crippen LogP contribution in [-0.4, -0.2) is 6.04 Å². The van der Waals surface area contributed by atoms with Gasteiger partial charge in [0.2, 0.25) is 0 Å². The molecule has 1 aromatic rings. The summed E-state index contributed by atoms with van der Waals surface area (Å²) in [6.07, 6.45) is 4.62. The minimum absolute atomic E-state index is 0.203. The summed E-state index contributed by atoms with van der Waals surface area (Å²) in [5.41, 5.74) is 12.2. The second kappa shape index (κ2) is 4.95. The maximum atomic E-state index is 6.28. The minimum Gasteiger partial charge on any atom is -0.328 e. The van der Waals surface area contributed by atoms with Gasteiger partial charge in [0.25, 0.3) is 0 Å². The molecule has 1 aliphatic carbocycles. The van der Waals surface area contributed by atoms with E-state index in [1.807, 2.05) is 0 Å². The van der Waals surface area contributed by atoms with E-state index in [1.54, 1.807) is 11.3 Å². The quantitative estimate of drug-likeness (QED) is 0.879. The summed E-state index contributed by atoms with van der Waals surface area (Å²) in [5.74, 6) is 0.621. The number of thiophene rings is 1. The zero-order valence-electron chi connectivity index (χ0n) is 8.66. The van der Waals surface area contributed by atoms with Gasteiger partial charge in [0.05, 0.1) is 3.79 Å². The molecule has 0 saturated heterocycles. The van der Waals surface area contributed by atoms with Crippen LogP contribution in [0.5, 0.6) is 0 Å². The lowest BCUT2D eigenvalue weighted by atomic mass is 9.82. The molecule has 0 aliphatic heterocycles. The number of rotatable bonds is 2. The second-order valence-electron chi connectivity index (χ2n) is 4.34. The average molecular weight is 289 g/mol. The van der Waals surface area contributed by atoms with Crippen LogP contribution in [0, 0.1) is 5.92 Å². The summed E-state index contributed by atoms with van der Waals surface area (Å²) in [6.45, 7) is 0. The Morgan fingerprint density at radius 3 is 2.47 bits per heavy atom. The highest BCUT2D eigenvalue weighted by atomic mass is 79.9. The van der Waals surface area contributed by atoms with Crippen molar-refractivity contribution in [1.82, 2.24) is 0 Å². The molecule has 0 radical (unpaired) electrons. The van der Waals surface area contributed by atoms with Gasteiger partial charge < -0.3 is 11.5 Å². The number of nitrogens with two attached hydrogens (primary N) is 2. The van der Waals surface area contributed by atoms with Crippen molar-refractivity contribution in [3.63, 3.8) is 0 Å².